The van der Waals surface area contributed by atoms with Crippen LogP contribution in [0.3, 0.4) is 0 Å². The van der Waals surface area contributed by atoms with E-state index in [1.807, 2.05) is 25.1 Å². The molecule has 4 heteroatoms. The SMILES string of the molecule is COc1cc(C(C)N)ccc1OCCN1CCCC1. The molecular formula is C15H24N2O2. The predicted molar refractivity (Wildman–Crippen MR) is 76.8 cm³/mol. The van der Waals surface area contributed by atoms with Crippen molar-refractivity contribution in [1.82, 2.24) is 4.90 Å². The van der Waals surface area contributed by atoms with Crippen molar-refractivity contribution in [3.05, 3.63) is 23.8 Å². The predicted octanol–water partition coefficient (Wildman–Crippen LogP) is 2.19. The van der Waals surface area contributed by atoms with Gasteiger partial charge in [-0.25, -0.2) is 0 Å². The first-order chi connectivity index (χ1) is 9.20. The maximum atomic E-state index is 5.87. The van der Waals surface area contributed by atoms with Crippen molar-refractivity contribution in [3.8, 4) is 11.5 Å². The van der Waals surface area contributed by atoms with Gasteiger partial charge in [0.1, 0.15) is 6.61 Å². The highest BCUT2D eigenvalue weighted by Crippen LogP contribution is 2.29. The van der Waals surface area contributed by atoms with Crippen LogP contribution in [0, 0.1) is 0 Å². The Morgan fingerprint density at radius 2 is 2.00 bits per heavy atom. The molecule has 19 heavy (non-hydrogen) atoms. The van der Waals surface area contributed by atoms with Gasteiger partial charge < -0.3 is 15.2 Å². The van der Waals surface area contributed by atoms with Gasteiger partial charge in [-0.3, -0.25) is 4.90 Å². The number of nitrogens with two attached hydrogens (primary N) is 1. The van der Waals surface area contributed by atoms with Gasteiger partial charge in [-0.2, -0.15) is 0 Å². The topological polar surface area (TPSA) is 47.7 Å². The highest BCUT2D eigenvalue weighted by atomic mass is 16.5. The first-order valence-corrected chi connectivity index (χ1v) is 6.99. The van der Waals surface area contributed by atoms with Crippen molar-refractivity contribution in [2.45, 2.75) is 25.8 Å². The van der Waals surface area contributed by atoms with Gasteiger partial charge in [0.25, 0.3) is 0 Å². The second-order valence-corrected chi connectivity index (χ2v) is 5.10. The molecule has 1 aliphatic heterocycles. The molecule has 0 bridgehead atoms. The average Bonchev–Trinajstić information content (AvgIpc) is 2.92. The molecule has 2 N–H and O–H groups in total. The summed E-state index contributed by atoms with van der Waals surface area (Å²) in [5.74, 6) is 1.56. The summed E-state index contributed by atoms with van der Waals surface area (Å²) in [5, 5.41) is 0. The average molecular weight is 264 g/mol. The van der Waals surface area contributed by atoms with Gasteiger partial charge in [-0.05, 0) is 50.6 Å². The van der Waals surface area contributed by atoms with Crippen LogP contribution in [0.5, 0.6) is 11.5 Å². The molecule has 1 fully saturated rings. The van der Waals surface area contributed by atoms with Gasteiger partial charge in [0, 0.05) is 12.6 Å². The van der Waals surface area contributed by atoms with E-state index in [4.69, 9.17) is 15.2 Å². The Labute approximate surface area is 115 Å². The Bertz CT molecular complexity index is 401. The summed E-state index contributed by atoms with van der Waals surface area (Å²) in [6, 6.07) is 5.91. The van der Waals surface area contributed by atoms with Crippen LogP contribution >= 0.6 is 0 Å². The third kappa shape index (κ3) is 3.85. The van der Waals surface area contributed by atoms with Crippen molar-refractivity contribution in [1.29, 1.82) is 0 Å². The minimum Gasteiger partial charge on any atom is -0.493 e. The number of methoxy groups -OCH3 is 1. The fourth-order valence-electron chi connectivity index (χ4n) is 2.38. The minimum atomic E-state index is 0.00699. The number of hydrogen-bond acceptors (Lipinski definition) is 4. The molecule has 1 unspecified atom stereocenters. The number of rotatable bonds is 6. The van der Waals surface area contributed by atoms with E-state index < -0.39 is 0 Å². The molecule has 0 spiro atoms. The van der Waals surface area contributed by atoms with Crippen LogP contribution in [0.1, 0.15) is 31.4 Å². The second-order valence-electron chi connectivity index (χ2n) is 5.10. The zero-order valence-corrected chi connectivity index (χ0v) is 11.9. The van der Waals surface area contributed by atoms with Gasteiger partial charge in [0.15, 0.2) is 11.5 Å². The summed E-state index contributed by atoms with van der Waals surface area (Å²) >= 11 is 0. The highest BCUT2D eigenvalue weighted by molar-refractivity contribution is 5.43. The molecule has 1 aromatic rings. The van der Waals surface area contributed by atoms with E-state index in [1.165, 1.54) is 25.9 Å². The number of benzene rings is 1. The standard InChI is InChI=1S/C15H24N2O2/c1-12(16)13-5-6-14(15(11-13)18-2)19-10-9-17-7-3-4-8-17/h5-6,11-12H,3-4,7-10,16H2,1-2H3. The van der Waals surface area contributed by atoms with Crippen molar-refractivity contribution < 1.29 is 9.47 Å². The summed E-state index contributed by atoms with van der Waals surface area (Å²) < 4.78 is 11.2. The lowest BCUT2D eigenvalue weighted by atomic mass is 10.1. The minimum absolute atomic E-state index is 0.00699. The molecule has 1 aromatic carbocycles. The van der Waals surface area contributed by atoms with Crippen LogP contribution in [-0.2, 0) is 0 Å². The van der Waals surface area contributed by atoms with Crippen molar-refractivity contribution >= 4 is 0 Å². The number of hydrogen-bond donors (Lipinski definition) is 1. The first kappa shape index (κ1) is 14.2. The van der Waals surface area contributed by atoms with Crippen LogP contribution in [-0.4, -0.2) is 38.3 Å². The van der Waals surface area contributed by atoms with Crippen LogP contribution in [0.2, 0.25) is 0 Å². The molecular weight excluding hydrogens is 240 g/mol. The molecule has 0 saturated carbocycles. The van der Waals surface area contributed by atoms with Gasteiger partial charge in [-0.15, -0.1) is 0 Å². The summed E-state index contributed by atoms with van der Waals surface area (Å²) in [7, 11) is 1.66. The van der Waals surface area contributed by atoms with E-state index in [0.29, 0.717) is 6.61 Å². The lowest BCUT2D eigenvalue weighted by Gasteiger charge is -2.17. The fourth-order valence-corrected chi connectivity index (χ4v) is 2.38. The monoisotopic (exact) mass is 264 g/mol. The molecule has 1 aliphatic rings. The quantitative estimate of drug-likeness (QED) is 0.855. The largest absolute Gasteiger partial charge is 0.493 e. The Balaban J connectivity index is 1.91. The van der Waals surface area contributed by atoms with Gasteiger partial charge in [-0.1, -0.05) is 6.07 Å². The molecule has 2 rings (SSSR count). The molecule has 0 radical (unpaired) electrons. The Morgan fingerprint density at radius 1 is 1.26 bits per heavy atom. The van der Waals surface area contributed by atoms with Crippen molar-refractivity contribution in [3.63, 3.8) is 0 Å². The maximum absolute atomic E-state index is 5.87. The zero-order valence-electron chi connectivity index (χ0n) is 11.9. The summed E-state index contributed by atoms with van der Waals surface area (Å²) in [6.07, 6.45) is 2.62. The smallest absolute Gasteiger partial charge is 0.161 e. The molecule has 1 atom stereocenters. The molecule has 0 aliphatic carbocycles. The normalized spacial score (nSPS) is 17.4. The molecule has 4 nitrogen and oxygen atoms in total. The number of nitrogens with zero attached hydrogens (tertiary/aromatic N) is 1. The lowest BCUT2D eigenvalue weighted by Crippen LogP contribution is -2.25. The van der Waals surface area contributed by atoms with Crippen molar-refractivity contribution in [2.24, 2.45) is 5.73 Å². The third-order valence-corrected chi connectivity index (χ3v) is 3.58. The zero-order chi connectivity index (χ0) is 13.7. The van der Waals surface area contributed by atoms with E-state index >= 15 is 0 Å². The number of likely N-dealkylation sites (tertiary alicyclic amines) is 1. The Morgan fingerprint density at radius 3 is 2.63 bits per heavy atom. The third-order valence-electron chi connectivity index (χ3n) is 3.58. The molecule has 1 saturated heterocycles. The number of ether oxygens (including phenoxy) is 2. The van der Waals surface area contributed by atoms with Crippen LogP contribution in [0.4, 0.5) is 0 Å². The van der Waals surface area contributed by atoms with Gasteiger partial charge >= 0.3 is 0 Å². The Kier molecular flexibility index (Phi) is 5.05. The van der Waals surface area contributed by atoms with Gasteiger partial charge in [0.05, 0.1) is 7.11 Å². The highest BCUT2D eigenvalue weighted by Gasteiger charge is 2.12. The molecule has 106 valence electrons. The molecule has 0 aromatic heterocycles. The summed E-state index contributed by atoms with van der Waals surface area (Å²) in [5.41, 5.74) is 6.93. The van der Waals surface area contributed by atoms with Crippen LogP contribution < -0.4 is 15.2 Å². The van der Waals surface area contributed by atoms with E-state index in [1.54, 1.807) is 7.11 Å². The molecule has 1 heterocycles. The molecule has 0 amide bonds. The van der Waals surface area contributed by atoms with E-state index in [-0.39, 0.29) is 6.04 Å². The van der Waals surface area contributed by atoms with E-state index in [2.05, 4.69) is 4.90 Å². The lowest BCUT2D eigenvalue weighted by molar-refractivity contribution is 0.230. The van der Waals surface area contributed by atoms with E-state index in [0.717, 1.165) is 23.6 Å². The first-order valence-electron chi connectivity index (χ1n) is 6.99. The van der Waals surface area contributed by atoms with Crippen molar-refractivity contribution in [2.75, 3.05) is 33.4 Å². The Hall–Kier alpha value is -1.26. The van der Waals surface area contributed by atoms with Gasteiger partial charge in [0.2, 0.25) is 0 Å². The van der Waals surface area contributed by atoms with E-state index in [9.17, 15) is 0 Å². The van der Waals surface area contributed by atoms with Crippen LogP contribution in [0.25, 0.3) is 0 Å². The van der Waals surface area contributed by atoms with Crippen LogP contribution in [0.15, 0.2) is 18.2 Å². The second kappa shape index (κ2) is 6.78. The summed E-state index contributed by atoms with van der Waals surface area (Å²) in [4.78, 5) is 2.43. The maximum Gasteiger partial charge on any atom is 0.161 e. The fraction of sp³-hybridized carbons (Fsp3) is 0.600. The summed E-state index contributed by atoms with van der Waals surface area (Å²) in [6.45, 7) is 6.04.